The number of hydrogen-bond donors (Lipinski definition) is 4. The molecule has 2 aliphatic heterocycles. The maximum absolute atomic E-state index is 14.5. The van der Waals surface area contributed by atoms with E-state index in [2.05, 4.69) is 35.1 Å². The van der Waals surface area contributed by atoms with Crippen molar-refractivity contribution in [3.63, 3.8) is 0 Å². The van der Waals surface area contributed by atoms with Gasteiger partial charge < -0.3 is 50.3 Å². The van der Waals surface area contributed by atoms with E-state index in [-0.39, 0.29) is 60.9 Å². The molecule has 0 aliphatic carbocycles. The Labute approximate surface area is 445 Å². The number of carbonyl (C=O) groups excluding carboxylic acids is 7. The number of nitrogens with zero attached hydrogens (tertiary/aromatic N) is 6. The molecule has 2 aromatic rings. The van der Waals surface area contributed by atoms with Crippen LogP contribution in [0.2, 0.25) is 0 Å². The molecule has 8 atom stereocenters. The van der Waals surface area contributed by atoms with Crippen molar-refractivity contribution in [2.45, 2.75) is 135 Å². The number of methoxy groups -OCH3 is 2. The summed E-state index contributed by atoms with van der Waals surface area (Å²) in [6.45, 7) is 11.4. The predicted molar refractivity (Wildman–Crippen MR) is 291 cm³/mol. The standard InChI is InChI=1S/C56H86N10O9/c1-13-38(4)50(64(10)54(72)49(37(2)3)61-56(62(6)7)63(8)9)45(74-11)35-48(69)65-33-21-24-44(65)51(75-12)39(5)52(70)60-43(34-40-22-17-16-18-23-40)53(71)59-42-27-25-41(26-28-42)36-58-55(73)57-31-19-14-15-20-32-66-46(67)29-30-47(66)68/h16-18,22-23,25-30,37-39,43-45,49-51H,13-15,19-21,24,31-36H2,1-12H3,(H,59,71)(H,60,70)(H2,57,58,73)/t38-,39+,43-,44-,45-,49-,50-,51+/m0/s1. The van der Waals surface area contributed by atoms with Crippen molar-refractivity contribution in [2.75, 3.05) is 74.4 Å². The van der Waals surface area contributed by atoms with Gasteiger partial charge in [-0.25, -0.2) is 9.79 Å². The van der Waals surface area contributed by atoms with E-state index >= 15 is 0 Å². The van der Waals surface area contributed by atoms with Crippen LogP contribution >= 0.6 is 0 Å². The van der Waals surface area contributed by atoms with E-state index < -0.39 is 54.1 Å². The van der Waals surface area contributed by atoms with E-state index in [0.717, 1.165) is 36.8 Å². The average molecular weight is 1040 g/mol. The first-order valence-corrected chi connectivity index (χ1v) is 26.6. The van der Waals surface area contributed by atoms with E-state index in [9.17, 15) is 33.6 Å². The predicted octanol–water partition coefficient (Wildman–Crippen LogP) is 5.06. The highest BCUT2D eigenvalue weighted by Crippen LogP contribution is 2.30. The third-order valence-corrected chi connectivity index (χ3v) is 14.3. The molecule has 0 saturated carbocycles. The number of imide groups is 1. The summed E-state index contributed by atoms with van der Waals surface area (Å²) in [5, 5.41) is 11.7. The summed E-state index contributed by atoms with van der Waals surface area (Å²) in [6.07, 6.45) is 6.66. The molecule has 19 heteroatoms. The molecule has 0 radical (unpaired) electrons. The lowest BCUT2D eigenvalue weighted by Crippen LogP contribution is -2.55. The van der Waals surface area contributed by atoms with E-state index in [4.69, 9.17) is 14.5 Å². The molecule has 0 unspecified atom stereocenters. The Kier molecular flexibility index (Phi) is 24.7. The Bertz CT molecular complexity index is 2230. The minimum atomic E-state index is -0.958. The van der Waals surface area contributed by atoms with Gasteiger partial charge in [0.15, 0.2) is 5.96 Å². The minimum Gasteiger partial charge on any atom is -0.379 e. The van der Waals surface area contributed by atoms with Crippen LogP contribution in [0.1, 0.15) is 97.1 Å². The van der Waals surface area contributed by atoms with Gasteiger partial charge in [-0.1, -0.05) is 96.3 Å². The SMILES string of the molecule is CC[C@H](C)[C@@H]([C@H](CC(=O)N1CCC[C@H]1[C@H](OC)[C@@H](C)C(=O)N[C@@H](Cc1ccccc1)C(=O)Nc1ccc(CNC(=O)NCCCCCCN2C(=O)C=CC2=O)cc1)OC)N(C)C(=O)[C@@H](N=C(N(C)C)N(C)C)C(C)C. The Balaban J connectivity index is 1.37. The molecule has 4 N–H and O–H groups in total. The van der Waals surface area contributed by atoms with E-state index in [0.29, 0.717) is 50.5 Å². The summed E-state index contributed by atoms with van der Waals surface area (Å²) in [4.78, 5) is 106. The van der Waals surface area contributed by atoms with Crippen LogP contribution in [0.3, 0.4) is 0 Å². The van der Waals surface area contributed by atoms with Gasteiger partial charge in [0.1, 0.15) is 12.1 Å². The molecule has 0 bridgehead atoms. The van der Waals surface area contributed by atoms with E-state index in [1.54, 1.807) is 55.1 Å². The third kappa shape index (κ3) is 17.9. The maximum atomic E-state index is 14.5. The van der Waals surface area contributed by atoms with Gasteiger partial charge in [-0.2, -0.15) is 0 Å². The molecule has 1 fully saturated rings. The number of likely N-dealkylation sites (N-methyl/N-ethyl adjacent to an activating group) is 1. The number of amides is 8. The van der Waals surface area contributed by atoms with Crippen LogP contribution in [0.4, 0.5) is 10.5 Å². The number of ether oxygens (including phenoxy) is 2. The maximum Gasteiger partial charge on any atom is 0.315 e. The van der Waals surface area contributed by atoms with Gasteiger partial charge in [-0.15, -0.1) is 0 Å². The molecule has 0 spiro atoms. The normalized spacial score (nSPS) is 17.1. The van der Waals surface area contributed by atoms with E-state index in [1.165, 1.54) is 24.2 Å². The Morgan fingerprint density at radius 2 is 1.43 bits per heavy atom. The van der Waals surface area contributed by atoms with E-state index in [1.807, 2.05) is 82.2 Å². The summed E-state index contributed by atoms with van der Waals surface area (Å²) in [5.41, 5.74) is 2.17. The van der Waals surface area contributed by atoms with Crippen molar-refractivity contribution in [1.29, 1.82) is 0 Å². The molecule has 75 heavy (non-hydrogen) atoms. The van der Waals surface area contributed by atoms with Gasteiger partial charge in [0, 0.05) is 99.9 Å². The Morgan fingerprint density at radius 3 is 2.01 bits per heavy atom. The molecule has 414 valence electrons. The highest BCUT2D eigenvalue weighted by Gasteiger charge is 2.43. The second kappa shape index (κ2) is 30.3. The highest BCUT2D eigenvalue weighted by atomic mass is 16.5. The number of anilines is 1. The van der Waals surface area contributed by atoms with Crippen molar-refractivity contribution >= 4 is 53.1 Å². The zero-order valence-corrected chi connectivity index (χ0v) is 46.6. The van der Waals surface area contributed by atoms with Crippen LogP contribution in [0.25, 0.3) is 0 Å². The number of benzene rings is 2. The van der Waals surface area contributed by atoms with Crippen molar-refractivity contribution in [3.05, 3.63) is 77.9 Å². The van der Waals surface area contributed by atoms with Gasteiger partial charge in [0.05, 0.1) is 36.6 Å². The second-order valence-electron chi connectivity index (χ2n) is 20.6. The fourth-order valence-electron chi connectivity index (χ4n) is 9.90. The molecule has 0 aromatic heterocycles. The Morgan fingerprint density at radius 1 is 0.787 bits per heavy atom. The third-order valence-electron chi connectivity index (χ3n) is 14.3. The number of aliphatic imine (C=N–C) groups is 1. The zero-order valence-electron chi connectivity index (χ0n) is 46.6. The number of unbranched alkanes of at least 4 members (excludes halogenated alkanes) is 3. The summed E-state index contributed by atoms with van der Waals surface area (Å²) in [7, 11) is 12.5. The molecule has 19 nitrogen and oxygen atoms in total. The first-order chi connectivity index (χ1) is 35.7. The molecule has 2 aliphatic rings. The first-order valence-electron chi connectivity index (χ1n) is 26.6. The van der Waals surface area contributed by atoms with Gasteiger partial charge in [-0.05, 0) is 60.8 Å². The molecule has 8 amide bonds. The molecular formula is C56H86N10O9. The first kappa shape index (κ1) is 61.2. The van der Waals surface area contributed by atoms with Gasteiger partial charge >= 0.3 is 6.03 Å². The highest BCUT2D eigenvalue weighted by molar-refractivity contribution is 6.12. The number of carbonyl (C=O) groups is 7. The summed E-state index contributed by atoms with van der Waals surface area (Å²) in [5.74, 6) is -1.89. The molecule has 1 saturated heterocycles. The smallest absolute Gasteiger partial charge is 0.315 e. The zero-order chi connectivity index (χ0) is 55.4. The van der Waals surface area contributed by atoms with Crippen LogP contribution in [-0.4, -0.2) is 177 Å². The van der Waals surface area contributed by atoms with Crippen LogP contribution in [-0.2, 0) is 51.2 Å². The lowest BCUT2D eigenvalue weighted by atomic mass is 9.89. The largest absolute Gasteiger partial charge is 0.379 e. The van der Waals surface area contributed by atoms with Crippen LogP contribution in [0.15, 0.2) is 71.7 Å². The van der Waals surface area contributed by atoms with Crippen LogP contribution in [0, 0.1) is 17.8 Å². The summed E-state index contributed by atoms with van der Waals surface area (Å²) in [6, 6.07) is 13.7. The summed E-state index contributed by atoms with van der Waals surface area (Å²) >= 11 is 0. The van der Waals surface area contributed by atoms with Crippen molar-refractivity contribution in [1.82, 2.24) is 40.4 Å². The average Bonchev–Trinajstić information content (AvgIpc) is 4.00. The lowest BCUT2D eigenvalue weighted by molar-refractivity contribution is -0.146. The fourth-order valence-corrected chi connectivity index (χ4v) is 9.90. The van der Waals surface area contributed by atoms with Gasteiger partial charge in [0.2, 0.25) is 23.6 Å². The number of guanidine groups is 1. The number of likely N-dealkylation sites (tertiary alicyclic amines) is 1. The molecular weight excluding hydrogens is 957 g/mol. The summed E-state index contributed by atoms with van der Waals surface area (Å²) < 4.78 is 12.2. The number of urea groups is 1. The Hall–Kier alpha value is -6.34. The van der Waals surface area contributed by atoms with Crippen LogP contribution < -0.4 is 21.3 Å². The van der Waals surface area contributed by atoms with Crippen molar-refractivity contribution in [3.8, 4) is 0 Å². The molecule has 2 heterocycles. The number of nitrogens with one attached hydrogen (secondary N) is 4. The topological polar surface area (TPSA) is 215 Å². The number of hydrogen-bond acceptors (Lipinski definition) is 10. The number of rotatable bonds is 28. The van der Waals surface area contributed by atoms with Gasteiger partial charge in [0.25, 0.3) is 11.8 Å². The lowest BCUT2D eigenvalue weighted by Gasteiger charge is -2.40. The van der Waals surface area contributed by atoms with Crippen molar-refractivity contribution < 1.29 is 43.0 Å². The fraction of sp³-hybridized carbons (Fsp3) is 0.607. The molecule has 4 rings (SSSR count). The van der Waals surface area contributed by atoms with Crippen LogP contribution in [0.5, 0.6) is 0 Å². The quantitative estimate of drug-likeness (QED) is 0.0383. The second-order valence-corrected chi connectivity index (χ2v) is 20.6. The van der Waals surface area contributed by atoms with Gasteiger partial charge in [-0.3, -0.25) is 33.7 Å². The minimum absolute atomic E-state index is 0.0103. The monoisotopic (exact) mass is 1040 g/mol. The molecule has 2 aromatic carbocycles. The van der Waals surface area contributed by atoms with Crippen molar-refractivity contribution in [2.24, 2.45) is 22.7 Å².